The Bertz CT molecular complexity index is 1690. The minimum absolute atomic E-state index is 0.00239. The highest BCUT2D eigenvalue weighted by Crippen LogP contribution is 2.40. The highest BCUT2D eigenvalue weighted by atomic mass is 16.3. The minimum atomic E-state index is 0.00239. The van der Waals surface area contributed by atoms with Crippen molar-refractivity contribution in [3.8, 4) is 0 Å². The summed E-state index contributed by atoms with van der Waals surface area (Å²) < 4.78 is 0. The molecule has 6 rings (SSSR count). The van der Waals surface area contributed by atoms with Gasteiger partial charge in [0.2, 0.25) is 0 Å². The van der Waals surface area contributed by atoms with Gasteiger partial charge in [0.15, 0.2) is 0 Å². The van der Waals surface area contributed by atoms with Crippen molar-refractivity contribution in [3.63, 3.8) is 0 Å². The second kappa shape index (κ2) is 10.4. The van der Waals surface area contributed by atoms with Crippen molar-refractivity contribution < 1.29 is 10.2 Å². The van der Waals surface area contributed by atoms with Crippen LogP contribution in [0.2, 0.25) is 0 Å². The fourth-order valence-corrected chi connectivity index (χ4v) is 4.85. The average Bonchev–Trinajstić information content (AvgIpc) is 2.96. The molecule has 0 fully saturated rings. The van der Waals surface area contributed by atoms with Crippen molar-refractivity contribution in [1.82, 2.24) is 9.97 Å². The molecule has 0 bridgehead atoms. The van der Waals surface area contributed by atoms with Gasteiger partial charge in [0, 0.05) is 23.9 Å². The zero-order valence-electron chi connectivity index (χ0n) is 20.6. The van der Waals surface area contributed by atoms with Gasteiger partial charge >= 0.3 is 0 Å². The van der Waals surface area contributed by atoms with E-state index in [4.69, 9.17) is 20.2 Å². The zero-order valence-corrected chi connectivity index (χ0v) is 20.6. The molecule has 0 radical (unpaired) electrons. The number of rotatable bonds is 8. The Kier molecular flexibility index (Phi) is 6.47. The van der Waals surface area contributed by atoms with E-state index in [-0.39, 0.29) is 13.2 Å². The number of pyridine rings is 2. The molecule has 0 aliphatic heterocycles. The number of para-hydroxylation sites is 2. The van der Waals surface area contributed by atoms with Gasteiger partial charge in [-0.3, -0.25) is 0 Å². The third-order valence-corrected chi connectivity index (χ3v) is 6.46. The molecule has 6 aromatic rings. The van der Waals surface area contributed by atoms with Crippen molar-refractivity contribution in [3.05, 3.63) is 84.9 Å². The molecule has 188 valence electrons. The molecule has 38 heavy (non-hydrogen) atoms. The summed E-state index contributed by atoms with van der Waals surface area (Å²) in [5.41, 5.74) is 6.36. The summed E-state index contributed by atoms with van der Waals surface area (Å²) >= 11 is 0. The number of anilines is 2. The van der Waals surface area contributed by atoms with Crippen molar-refractivity contribution >= 4 is 66.4 Å². The highest BCUT2D eigenvalue weighted by molar-refractivity contribution is 6.13. The Hall–Kier alpha value is -4.66. The Balaban J connectivity index is 1.55. The van der Waals surface area contributed by atoms with Crippen LogP contribution in [-0.4, -0.2) is 46.5 Å². The smallest absolute Gasteiger partial charge is 0.0972 e. The van der Waals surface area contributed by atoms with Crippen LogP contribution in [0.5, 0.6) is 0 Å². The normalized spacial score (nSPS) is 11.7. The maximum absolute atomic E-state index is 9.51. The highest BCUT2D eigenvalue weighted by Gasteiger charge is 2.15. The topological polar surface area (TPSA) is 115 Å². The maximum Gasteiger partial charge on any atom is 0.0972 e. The summed E-state index contributed by atoms with van der Waals surface area (Å²) in [6.45, 7) is 0.803. The summed E-state index contributed by atoms with van der Waals surface area (Å²) in [4.78, 5) is 9.69. The summed E-state index contributed by atoms with van der Waals surface area (Å²) in [7, 11) is 0. The van der Waals surface area contributed by atoms with Crippen molar-refractivity contribution in [2.45, 2.75) is 0 Å². The van der Waals surface area contributed by atoms with Crippen molar-refractivity contribution in [1.29, 1.82) is 0 Å². The van der Waals surface area contributed by atoms with Crippen LogP contribution in [0.4, 0.5) is 22.7 Å². The molecule has 2 aromatic heterocycles. The molecule has 2 heterocycles. The predicted molar refractivity (Wildman–Crippen MR) is 154 cm³/mol. The fraction of sp³-hybridized carbons (Fsp3) is 0.133. The van der Waals surface area contributed by atoms with Gasteiger partial charge in [0.1, 0.15) is 0 Å². The molecular weight excluding hydrogens is 476 g/mol. The Labute approximate surface area is 218 Å². The van der Waals surface area contributed by atoms with Crippen LogP contribution in [0.15, 0.2) is 95.2 Å². The molecule has 0 atom stereocenters. The largest absolute Gasteiger partial charge is 0.395 e. The molecule has 0 spiro atoms. The minimum Gasteiger partial charge on any atom is -0.395 e. The molecule has 8 heteroatoms. The first-order chi connectivity index (χ1) is 18.8. The van der Waals surface area contributed by atoms with Crippen molar-refractivity contribution in [2.75, 3.05) is 36.9 Å². The van der Waals surface area contributed by atoms with Gasteiger partial charge in [-0.15, -0.1) is 10.2 Å². The lowest BCUT2D eigenvalue weighted by Gasteiger charge is -2.14. The van der Waals surface area contributed by atoms with Gasteiger partial charge < -0.3 is 20.8 Å². The van der Waals surface area contributed by atoms with Gasteiger partial charge in [0.25, 0.3) is 0 Å². The van der Waals surface area contributed by atoms with E-state index in [1.807, 2.05) is 84.9 Å². The van der Waals surface area contributed by atoms with Crippen molar-refractivity contribution in [2.24, 2.45) is 10.2 Å². The molecule has 4 N–H and O–H groups in total. The number of hydrogen-bond acceptors (Lipinski definition) is 8. The number of aromatic nitrogens is 2. The van der Waals surface area contributed by atoms with Crippen LogP contribution in [0, 0.1) is 0 Å². The summed E-state index contributed by atoms with van der Waals surface area (Å²) in [6.07, 6.45) is 0. The number of aliphatic hydroxyl groups is 2. The third kappa shape index (κ3) is 4.26. The second-order valence-corrected chi connectivity index (χ2v) is 8.85. The van der Waals surface area contributed by atoms with Crippen LogP contribution < -0.4 is 10.6 Å². The number of nitrogens with zero attached hydrogens (tertiary/aromatic N) is 4. The molecule has 4 aromatic carbocycles. The Morgan fingerprint density at radius 2 is 0.947 bits per heavy atom. The van der Waals surface area contributed by atoms with E-state index in [0.717, 1.165) is 55.0 Å². The van der Waals surface area contributed by atoms with E-state index in [0.29, 0.717) is 24.5 Å². The first-order valence-electron chi connectivity index (χ1n) is 12.5. The summed E-state index contributed by atoms with van der Waals surface area (Å²) in [6, 6.07) is 27.4. The number of hydrogen-bond donors (Lipinski definition) is 4. The number of azo groups is 1. The number of nitrogens with one attached hydrogen (secondary N) is 2. The van der Waals surface area contributed by atoms with Crippen LogP contribution in [0.3, 0.4) is 0 Å². The third-order valence-electron chi connectivity index (χ3n) is 6.46. The van der Waals surface area contributed by atoms with E-state index in [1.54, 1.807) is 0 Å². The number of benzene rings is 4. The average molecular weight is 503 g/mol. The van der Waals surface area contributed by atoms with Crippen LogP contribution in [-0.2, 0) is 0 Å². The second-order valence-electron chi connectivity index (χ2n) is 8.85. The van der Waals surface area contributed by atoms with Gasteiger partial charge in [-0.1, -0.05) is 48.5 Å². The first-order valence-corrected chi connectivity index (χ1v) is 12.5. The molecule has 0 unspecified atom stereocenters. The van der Waals surface area contributed by atoms with E-state index < -0.39 is 0 Å². The number of aliphatic hydroxyl groups excluding tert-OH is 2. The number of fused-ring (bicyclic) bond motifs is 4. The van der Waals surface area contributed by atoms with E-state index in [9.17, 15) is 10.2 Å². The van der Waals surface area contributed by atoms with E-state index in [2.05, 4.69) is 10.6 Å². The zero-order chi connectivity index (χ0) is 25.9. The lowest BCUT2D eigenvalue weighted by atomic mass is 10.1. The van der Waals surface area contributed by atoms with Crippen LogP contribution >= 0.6 is 0 Å². The lowest BCUT2D eigenvalue weighted by Crippen LogP contribution is -2.07. The quantitative estimate of drug-likeness (QED) is 0.143. The fourth-order valence-electron chi connectivity index (χ4n) is 4.85. The Morgan fingerprint density at radius 3 is 1.39 bits per heavy atom. The Morgan fingerprint density at radius 1 is 0.526 bits per heavy atom. The molecule has 8 nitrogen and oxygen atoms in total. The van der Waals surface area contributed by atoms with Crippen LogP contribution in [0.25, 0.3) is 43.6 Å². The monoisotopic (exact) mass is 502 g/mol. The van der Waals surface area contributed by atoms with E-state index in [1.165, 1.54) is 0 Å². The summed E-state index contributed by atoms with van der Waals surface area (Å²) in [5, 5.41) is 38.7. The SMILES string of the molecule is OCCNc1c2ccccc2nc2cccc(/N=N/c3cccc4nc5ccccc5c(NCCO)c34)c12. The lowest BCUT2D eigenvalue weighted by molar-refractivity contribution is 0.311. The molecule has 0 aliphatic rings. The van der Waals surface area contributed by atoms with Crippen LogP contribution in [0.1, 0.15) is 0 Å². The molecule has 0 aliphatic carbocycles. The van der Waals surface area contributed by atoms with Gasteiger partial charge in [-0.05, 0) is 36.4 Å². The predicted octanol–water partition coefficient (Wildman–Crippen LogP) is 6.31. The molecular formula is C30H26N6O2. The van der Waals surface area contributed by atoms with Gasteiger partial charge in [-0.25, -0.2) is 9.97 Å². The van der Waals surface area contributed by atoms with E-state index >= 15 is 0 Å². The molecule has 0 amide bonds. The molecule has 0 saturated carbocycles. The molecule has 0 saturated heterocycles. The van der Waals surface area contributed by atoms with Gasteiger partial charge in [0.05, 0.1) is 68.8 Å². The standard InChI is InChI=1S/C30H26N6O2/c37-17-15-31-29-19-7-1-3-9-21(19)33-23-11-5-13-25(27(23)29)35-36-26-14-6-12-24-28(26)30(32-16-18-38)20-8-2-4-10-22(20)34-24/h1-14,37-38H,15-18H2,(H,31,33)(H,32,34)/b36-35+. The summed E-state index contributed by atoms with van der Waals surface area (Å²) in [5.74, 6) is 0. The maximum atomic E-state index is 9.51. The van der Waals surface area contributed by atoms with Gasteiger partial charge in [-0.2, -0.15) is 0 Å². The first kappa shape index (κ1) is 23.7.